The van der Waals surface area contributed by atoms with Crippen molar-refractivity contribution >= 4 is 35.8 Å². The molecule has 1 heterocycles. The molecule has 1 atom stereocenters. The number of rotatable bonds is 10. The number of nitrogens with zero attached hydrogens (tertiary/aromatic N) is 3. The molecule has 0 radical (unpaired) electrons. The smallest absolute Gasteiger partial charge is 0.239 e. The first-order chi connectivity index (χ1) is 11.6. The van der Waals surface area contributed by atoms with Crippen molar-refractivity contribution in [2.24, 2.45) is 4.99 Å². The average molecular weight is 467 g/mol. The molecule has 1 unspecified atom stereocenters. The number of guanidine groups is 1. The Bertz CT molecular complexity index is 390. The monoisotopic (exact) mass is 467 g/mol. The Morgan fingerprint density at radius 1 is 1.16 bits per heavy atom. The molecule has 0 spiro atoms. The zero-order valence-corrected chi connectivity index (χ0v) is 18.8. The van der Waals surface area contributed by atoms with Crippen molar-refractivity contribution in [3.05, 3.63) is 0 Å². The second-order valence-corrected chi connectivity index (χ2v) is 6.77. The van der Waals surface area contributed by atoms with Crippen molar-refractivity contribution in [3.63, 3.8) is 0 Å². The lowest BCUT2D eigenvalue weighted by molar-refractivity contribution is -0.133. The van der Waals surface area contributed by atoms with Crippen LogP contribution in [-0.2, 0) is 4.79 Å². The third-order valence-electron chi connectivity index (χ3n) is 4.55. The number of unbranched alkanes of at least 4 members (excludes halogenated alkanes) is 3. The van der Waals surface area contributed by atoms with E-state index in [0.29, 0.717) is 0 Å². The molecule has 1 amide bonds. The number of aliphatic imine (C=N–C) groups is 1. The molecule has 2 N–H and O–H groups in total. The molecule has 1 rings (SSSR count). The Kier molecular flexibility index (Phi) is 14.3. The molecule has 25 heavy (non-hydrogen) atoms. The Balaban J connectivity index is 0.00000576. The summed E-state index contributed by atoms with van der Waals surface area (Å²) in [7, 11) is 5.50. The molecule has 0 aromatic rings. The van der Waals surface area contributed by atoms with Gasteiger partial charge in [-0.2, -0.15) is 0 Å². The van der Waals surface area contributed by atoms with E-state index < -0.39 is 0 Å². The maximum atomic E-state index is 12.2. The molecule has 1 aliphatic rings. The fourth-order valence-electron chi connectivity index (χ4n) is 3.14. The minimum Gasteiger partial charge on any atom is -0.356 e. The number of halogens is 1. The van der Waals surface area contributed by atoms with Gasteiger partial charge in [0.25, 0.3) is 0 Å². The number of carbonyl (C=O) groups excluding carboxylic acids is 1. The third kappa shape index (κ3) is 9.63. The minimum atomic E-state index is 0. The molecular weight excluding hydrogens is 429 g/mol. The Hall–Kier alpha value is -0.570. The lowest BCUT2D eigenvalue weighted by atomic mass is 10.2. The van der Waals surface area contributed by atoms with Gasteiger partial charge in [0, 0.05) is 40.8 Å². The SMILES string of the molecule is CCCCCCNC(=NC)NCCCN1CCCC1C(=O)N(C)C.I. The van der Waals surface area contributed by atoms with Gasteiger partial charge in [-0.25, -0.2) is 0 Å². The topological polar surface area (TPSA) is 60.0 Å². The fraction of sp³-hybridized carbons (Fsp3) is 0.889. The molecular formula is C18H38IN5O. The van der Waals surface area contributed by atoms with Crippen LogP contribution in [0.5, 0.6) is 0 Å². The van der Waals surface area contributed by atoms with Crippen LogP contribution in [0.1, 0.15) is 51.9 Å². The normalized spacial score (nSPS) is 17.9. The molecule has 148 valence electrons. The first kappa shape index (κ1) is 24.4. The van der Waals surface area contributed by atoms with Crippen molar-refractivity contribution in [2.75, 3.05) is 47.3 Å². The number of carbonyl (C=O) groups is 1. The van der Waals surface area contributed by atoms with Gasteiger partial charge in [-0.15, -0.1) is 24.0 Å². The van der Waals surface area contributed by atoms with Gasteiger partial charge < -0.3 is 15.5 Å². The van der Waals surface area contributed by atoms with Crippen molar-refractivity contribution < 1.29 is 4.79 Å². The second kappa shape index (κ2) is 14.6. The third-order valence-corrected chi connectivity index (χ3v) is 4.55. The number of hydrogen-bond acceptors (Lipinski definition) is 3. The van der Waals surface area contributed by atoms with E-state index in [-0.39, 0.29) is 35.9 Å². The van der Waals surface area contributed by atoms with E-state index in [1.807, 2.05) is 21.1 Å². The van der Waals surface area contributed by atoms with Crippen LogP contribution < -0.4 is 10.6 Å². The highest BCUT2D eigenvalue weighted by Gasteiger charge is 2.30. The molecule has 0 aromatic carbocycles. The van der Waals surface area contributed by atoms with Crippen LogP contribution in [0.4, 0.5) is 0 Å². The lowest BCUT2D eigenvalue weighted by Crippen LogP contribution is -2.44. The zero-order valence-electron chi connectivity index (χ0n) is 16.5. The lowest BCUT2D eigenvalue weighted by Gasteiger charge is -2.26. The van der Waals surface area contributed by atoms with Gasteiger partial charge in [0.2, 0.25) is 5.91 Å². The van der Waals surface area contributed by atoms with E-state index in [1.54, 1.807) is 4.90 Å². The maximum Gasteiger partial charge on any atom is 0.239 e. The molecule has 1 saturated heterocycles. The Labute approximate surface area is 171 Å². The van der Waals surface area contributed by atoms with Crippen LogP contribution in [0.3, 0.4) is 0 Å². The maximum absolute atomic E-state index is 12.2. The second-order valence-electron chi connectivity index (χ2n) is 6.77. The van der Waals surface area contributed by atoms with E-state index in [1.165, 1.54) is 25.7 Å². The van der Waals surface area contributed by atoms with Gasteiger partial charge in [0.05, 0.1) is 6.04 Å². The molecule has 0 saturated carbocycles. The molecule has 0 aliphatic carbocycles. The summed E-state index contributed by atoms with van der Waals surface area (Å²) in [6.07, 6.45) is 8.17. The molecule has 0 aromatic heterocycles. The van der Waals surface area contributed by atoms with Gasteiger partial charge >= 0.3 is 0 Å². The predicted octanol–water partition coefficient (Wildman–Crippen LogP) is 2.29. The van der Waals surface area contributed by atoms with Crippen LogP contribution in [0, 0.1) is 0 Å². The van der Waals surface area contributed by atoms with Crippen LogP contribution in [0.15, 0.2) is 4.99 Å². The summed E-state index contributed by atoms with van der Waals surface area (Å²) in [5, 5.41) is 6.73. The van der Waals surface area contributed by atoms with Crippen molar-refractivity contribution in [2.45, 2.75) is 57.9 Å². The van der Waals surface area contributed by atoms with Crippen LogP contribution in [-0.4, -0.2) is 75.0 Å². The summed E-state index contributed by atoms with van der Waals surface area (Å²) >= 11 is 0. The van der Waals surface area contributed by atoms with E-state index in [4.69, 9.17) is 0 Å². The Morgan fingerprint density at radius 3 is 2.44 bits per heavy atom. The average Bonchev–Trinajstić information content (AvgIpc) is 3.04. The van der Waals surface area contributed by atoms with Crippen LogP contribution in [0.25, 0.3) is 0 Å². The van der Waals surface area contributed by atoms with Gasteiger partial charge in [-0.05, 0) is 32.2 Å². The van der Waals surface area contributed by atoms with E-state index in [0.717, 1.165) is 51.4 Å². The summed E-state index contributed by atoms with van der Waals surface area (Å²) in [4.78, 5) is 20.5. The number of likely N-dealkylation sites (tertiary alicyclic amines) is 1. The highest BCUT2D eigenvalue weighted by Crippen LogP contribution is 2.18. The van der Waals surface area contributed by atoms with Gasteiger partial charge in [-0.1, -0.05) is 26.2 Å². The highest BCUT2D eigenvalue weighted by molar-refractivity contribution is 14.0. The van der Waals surface area contributed by atoms with Crippen LogP contribution >= 0.6 is 24.0 Å². The van der Waals surface area contributed by atoms with Crippen LogP contribution in [0.2, 0.25) is 0 Å². The number of hydrogen-bond donors (Lipinski definition) is 2. The summed E-state index contributed by atoms with van der Waals surface area (Å²) in [5.41, 5.74) is 0. The first-order valence-electron chi connectivity index (χ1n) is 9.49. The summed E-state index contributed by atoms with van der Waals surface area (Å²) in [6, 6.07) is 0.0796. The molecule has 7 heteroatoms. The van der Waals surface area contributed by atoms with Gasteiger partial charge in [-0.3, -0.25) is 14.7 Å². The molecule has 0 bridgehead atoms. The van der Waals surface area contributed by atoms with Crippen molar-refractivity contribution in [3.8, 4) is 0 Å². The fourth-order valence-corrected chi connectivity index (χ4v) is 3.14. The highest BCUT2D eigenvalue weighted by atomic mass is 127. The standard InChI is InChI=1S/C18H37N5O.HI/c1-5-6-7-8-12-20-18(19-2)21-13-10-15-23-14-9-11-16(23)17(24)22(3)4;/h16H,5-15H2,1-4H3,(H2,19,20,21);1H. The molecule has 6 nitrogen and oxygen atoms in total. The quantitative estimate of drug-likeness (QED) is 0.224. The van der Waals surface area contributed by atoms with E-state index in [2.05, 4.69) is 27.4 Å². The Morgan fingerprint density at radius 2 is 1.84 bits per heavy atom. The minimum absolute atomic E-state index is 0. The van der Waals surface area contributed by atoms with Gasteiger partial charge in [0.1, 0.15) is 0 Å². The number of nitrogens with one attached hydrogen (secondary N) is 2. The van der Waals surface area contributed by atoms with E-state index in [9.17, 15) is 4.79 Å². The summed E-state index contributed by atoms with van der Waals surface area (Å²) in [6.45, 7) is 6.09. The molecule has 1 aliphatic heterocycles. The number of amides is 1. The summed E-state index contributed by atoms with van der Waals surface area (Å²) in [5.74, 6) is 1.12. The molecule has 1 fully saturated rings. The number of likely N-dealkylation sites (N-methyl/N-ethyl adjacent to an activating group) is 1. The predicted molar refractivity (Wildman–Crippen MR) is 117 cm³/mol. The zero-order chi connectivity index (χ0) is 17.8. The summed E-state index contributed by atoms with van der Waals surface area (Å²) < 4.78 is 0. The van der Waals surface area contributed by atoms with Gasteiger partial charge in [0.15, 0.2) is 5.96 Å². The largest absolute Gasteiger partial charge is 0.356 e. The van der Waals surface area contributed by atoms with Crippen molar-refractivity contribution in [1.29, 1.82) is 0 Å². The first-order valence-corrected chi connectivity index (χ1v) is 9.49. The van der Waals surface area contributed by atoms with Crippen molar-refractivity contribution in [1.82, 2.24) is 20.4 Å². The van der Waals surface area contributed by atoms with E-state index >= 15 is 0 Å².